The average Bonchev–Trinajstić information content (AvgIpc) is 2.95. The zero-order chi connectivity index (χ0) is 15.1. The number of carbonyl (C=O) groups is 2. The predicted octanol–water partition coefficient (Wildman–Crippen LogP) is 1.58. The van der Waals surface area contributed by atoms with E-state index in [0.29, 0.717) is 6.54 Å². The number of hydrogen-bond donors (Lipinski definition) is 0. The molecule has 114 valence electrons. The fourth-order valence-corrected chi connectivity index (χ4v) is 3.24. The van der Waals surface area contributed by atoms with Crippen LogP contribution < -0.4 is 4.90 Å². The Labute approximate surface area is 124 Å². The van der Waals surface area contributed by atoms with Gasteiger partial charge in [-0.05, 0) is 40.0 Å². The Hall–Kier alpha value is -1.85. The third-order valence-electron chi connectivity index (χ3n) is 4.45. The summed E-state index contributed by atoms with van der Waals surface area (Å²) in [7, 11) is 0. The highest BCUT2D eigenvalue weighted by Gasteiger charge is 2.45. The highest BCUT2D eigenvalue weighted by atomic mass is 16.2. The Morgan fingerprint density at radius 1 is 1.24 bits per heavy atom. The highest BCUT2D eigenvalue weighted by molar-refractivity contribution is 6.08. The summed E-state index contributed by atoms with van der Waals surface area (Å²) in [6, 6.07) is -0.502. The maximum Gasteiger partial charge on any atom is 0.250 e. The van der Waals surface area contributed by atoms with E-state index in [-0.39, 0.29) is 23.9 Å². The summed E-state index contributed by atoms with van der Waals surface area (Å²) in [5, 5.41) is 4.29. The smallest absolute Gasteiger partial charge is 0.250 e. The topological polar surface area (TPSA) is 58.4 Å². The monoisotopic (exact) mass is 290 g/mol. The number of carbonyl (C=O) groups excluding carboxylic acids is 2. The minimum atomic E-state index is -0.448. The van der Waals surface area contributed by atoms with Crippen molar-refractivity contribution in [1.82, 2.24) is 14.7 Å². The van der Waals surface area contributed by atoms with E-state index in [0.717, 1.165) is 24.9 Å². The van der Waals surface area contributed by atoms with Gasteiger partial charge < -0.3 is 4.90 Å². The molecule has 2 amide bonds. The third kappa shape index (κ3) is 2.22. The van der Waals surface area contributed by atoms with Gasteiger partial charge in [-0.1, -0.05) is 0 Å². The second-order valence-corrected chi connectivity index (χ2v) is 6.20. The molecule has 3 rings (SSSR count). The summed E-state index contributed by atoms with van der Waals surface area (Å²) >= 11 is 0. The second kappa shape index (κ2) is 5.16. The molecule has 3 heterocycles. The molecule has 0 aromatic carbocycles. The van der Waals surface area contributed by atoms with Crippen LogP contribution in [-0.4, -0.2) is 45.1 Å². The van der Waals surface area contributed by atoms with Crippen molar-refractivity contribution >= 4 is 17.5 Å². The van der Waals surface area contributed by atoms with Crippen molar-refractivity contribution in [3.8, 4) is 0 Å². The first-order valence-electron chi connectivity index (χ1n) is 7.68. The van der Waals surface area contributed by atoms with Crippen LogP contribution in [0.5, 0.6) is 0 Å². The number of hydrogen-bond acceptors (Lipinski definition) is 3. The van der Waals surface area contributed by atoms with Gasteiger partial charge >= 0.3 is 0 Å². The standard InChI is InChI=1S/C15H22N4O2/c1-10(2)18-9-12(8-16-18)19-11(3)14(20)17-7-5-4-6-13(17)15(19)21/h8-11,13H,4-7H2,1-3H3. The average molecular weight is 290 g/mol. The fourth-order valence-electron chi connectivity index (χ4n) is 3.24. The molecule has 0 bridgehead atoms. The molecular formula is C15H22N4O2. The second-order valence-electron chi connectivity index (χ2n) is 6.20. The van der Waals surface area contributed by atoms with Gasteiger partial charge in [0.25, 0.3) is 5.91 Å². The molecule has 0 aliphatic carbocycles. The molecule has 2 unspecified atom stereocenters. The van der Waals surface area contributed by atoms with Crippen LogP contribution in [0.4, 0.5) is 5.69 Å². The molecule has 0 spiro atoms. The molecule has 21 heavy (non-hydrogen) atoms. The van der Waals surface area contributed by atoms with Gasteiger partial charge in [0.2, 0.25) is 5.91 Å². The number of fused-ring (bicyclic) bond motifs is 1. The largest absolute Gasteiger partial charge is 0.329 e. The Balaban J connectivity index is 1.93. The molecule has 0 saturated carbocycles. The summed E-state index contributed by atoms with van der Waals surface area (Å²) in [5.41, 5.74) is 0.722. The number of amides is 2. The normalized spacial score (nSPS) is 26.5. The number of rotatable bonds is 2. The lowest BCUT2D eigenvalue weighted by Crippen LogP contribution is -2.65. The Kier molecular flexibility index (Phi) is 3.47. The van der Waals surface area contributed by atoms with Gasteiger partial charge in [-0.2, -0.15) is 5.10 Å². The van der Waals surface area contributed by atoms with Crippen LogP contribution in [0.15, 0.2) is 12.4 Å². The van der Waals surface area contributed by atoms with Gasteiger partial charge in [0.1, 0.15) is 12.1 Å². The molecule has 1 aromatic heterocycles. The molecule has 2 aliphatic rings. The fraction of sp³-hybridized carbons (Fsp3) is 0.667. The van der Waals surface area contributed by atoms with E-state index < -0.39 is 6.04 Å². The van der Waals surface area contributed by atoms with Crippen molar-refractivity contribution in [1.29, 1.82) is 0 Å². The first kappa shape index (κ1) is 14.1. The number of anilines is 1. The van der Waals surface area contributed by atoms with E-state index in [1.54, 1.807) is 22.9 Å². The van der Waals surface area contributed by atoms with Crippen molar-refractivity contribution in [2.45, 2.75) is 58.2 Å². The molecule has 1 aromatic rings. The summed E-state index contributed by atoms with van der Waals surface area (Å²) in [6.07, 6.45) is 6.30. The van der Waals surface area contributed by atoms with E-state index in [2.05, 4.69) is 5.10 Å². The van der Waals surface area contributed by atoms with E-state index >= 15 is 0 Å². The number of nitrogens with zero attached hydrogens (tertiary/aromatic N) is 4. The molecule has 2 saturated heterocycles. The van der Waals surface area contributed by atoms with Crippen LogP contribution in [-0.2, 0) is 9.59 Å². The summed E-state index contributed by atoms with van der Waals surface area (Å²) in [5.74, 6) is 0.0849. The first-order chi connectivity index (χ1) is 10.0. The maximum atomic E-state index is 12.8. The third-order valence-corrected chi connectivity index (χ3v) is 4.45. The van der Waals surface area contributed by atoms with Crippen molar-refractivity contribution in [2.75, 3.05) is 11.4 Å². The van der Waals surface area contributed by atoms with Crippen molar-refractivity contribution in [3.63, 3.8) is 0 Å². The van der Waals surface area contributed by atoms with Gasteiger partial charge in [0.05, 0.1) is 11.9 Å². The molecule has 2 atom stereocenters. The van der Waals surface area contributed by atoms with Crippen LogP contribution in [0.25, 0.3) is 0 Å². The van der Waals surface area contributed by atoms with E-state index in [9.17, 15) is 9.59 Å². The molecule has 0 radical (unpaired) electrons. The van der Waals surface area contributed by atoms with Gasteiger partial charge in [0, 0.05) is 18.8 Å². The predicted molar refractivity (Wildman–Crippen MR) is 78.9 cm³/mol. The van der Waals surface area contributed by atoms with Crippen LogP contribution in [0.3, 0.4) is 0 Å². The first-order valence-corrected chi connectivity index (χ1v) is 7.68. The molecule has 2 fully saturated rings. The van der Waals surface area contributed by atoms with Gasteiger partial charge in [-0.25, -0.2) is 0 Å². The lowest BCUT2D eigenvalue weighted by molar-refractivity contribution is -0.147. The van der Waals surface area contributed by atoms with Crippen molar-refractivity contribution < 1.29 is 9.59 Å². The van der Waals surface area contributed by atoms with Crippen LogP contribution in [0.2, 0.25) is 0 Å². The number of piperidine rings is 1. The van der Waals surface area contributed by atoms with Crippen molar-refractivity contribution in [2.24, 2.45) is 0 Å². The van der Waals surface area contributed by atoms with Crippen molar-refractivity contribution in [3.05, 3.63) is 12.4 Å². The summed E-state index contributed by atoms with van der Waals surface area (Å²) in [6.45, 7) is 6.58. The van der Waals surface area contributed by atoms with Gasteiger partial charge in [-0.15, -0.1) is 0 Å². The SMILES string of the molecule is CC1C(=O)N2CCCCC2C(=O)N1c1cnn(C(C)C)c1. The number of aromatic nitrogens is 2. The van der Waals surface area contributed by atoms with E-state index in [4.69, 9.17) is 0 Å². The Morgan fingerprint density at radius 2 is 2.00 bits per heavy atom. The molecule has 2 aliphatic heterocycles. The zero-order valence-electron chi connectivity index (χ0n) is 12.8. The van der Waals surface area contributed by atoms with Gasteiger partial charge in [0.15, 0.2) is 0 Å². The molecular weight excluding hydrogens is 268 g/mol. The summed E-state index contributed by atoms with van der Waals surface area (Å²) in [4.78, 5) is 28.7. The molecule has 6 nitrogen and oxygen atoms in total. The highest BCUT2D eigenvalue weighted by Crippen LogP contribution is 2.30. The van der Waals surface area contributed by atoms with Crippen LogP contribution in [0, 0.1) is 0 Å². The Morgan fingerprint density at radius 3 is 2.67 bits per heavy atom. The minimum absolute atomic E-state index is 0.0325. The van der Waals surface area contributed by atoms with Crippen LogP contribution in [0.1, 0.15) is 46.1 Å². The molecule has 0 N–H and O–H groups in total. The molecule has 6 heteroatoms. The number of piperazine rings is 1. The Bertz CT molecular complexity index is 566. The van der Waals surface area contributed by atoms with E-state index in [1.165, 1.54) is 0 Å². The maximum absolute atomic E-state index is 12.8. The summed E-state index contributed by atoms with van der Waals surface area (Å²) < 4.78 is 1.81. The van der Waals surface area contributed by atoms with E-state index in [1.807, 2.05) is 24.7 Å². The van der Waals surface area contributed by atoms with Gasteiger partial charge in [-0.3, -0.25) is 19.2 Å². The lowest BCUT2D eigenvalue weighted by atomic mass is 9.95. The zero-order valence-corrected chi connectivity index (χ0v) is 12.8. The lowest BCUT2D eigenvalue weighted by Gasteiger charge is -2.45. The van der Waals surface area contributed by atoms with Crippen LogP contribution >= 0.6 is 0 Å². The quantitative estimate of drug-likeness (QED) is 0.831. The minimum Gasteiger partial charge on any atom is -0.329 e.